The van der Waals surface area contributed by atoms with Gasteiger partial charge in [0, 0.05) is 27.8 Å². The molecular formula is C23H18F6N6Na2O6S2. The Balaban J connectivity index is 0.00000353. The van der Waals surface area contributed by atoms with Gasteiger partial charge in [-0.2, -0.15) is 36.5 Å². The molecule has 0 N–H and O–H groups in total. The van der Waals surface area contributed by atoms with E-state index in [1.165, 1.54) is 20.8 Å². The molecule has 0 amide bonds. The molecule has 0 aliphatic rings. The van der Waals surface area contributed by atoms with E-state index < -0.39 is 81.2 Å². The SMILES string of the molecule is CCOC(=O)c1csc(-n2nc(C(F)(F)F)c(C(CC)c3c(C(F)(F)F)nn(-c4nc(C(=O)OCC)cs4)c3[O-])c2[O-])n1.[Na+].[Na+]. The number of thiazole rings is 2. The molecule has 0 bridgehead atoms. The Bertz CT molecular complexity index is 1550. The number of hydrogen-bond donors (Lipinski definition) is 0. The van der Waals surface area contributed by atoms with E-state index in [4.69, 9.17) is 9.47 Å². The maximum atomic E-state index is 14.2. The van der Waals surface area contributed by atoms with Gasteiger partial charge in [-0.15, -0.1) is 22.7 Å². The molecule has 232 valence electrons. The van der Waals surface area contributed by atoms with Gasteiger partial charge in [-0.1, -0.05) is 6.92 Å². The maximum Gasteiger partial charge on any atom is 1.00 e. The van der Waals surface area contributed by atoms with E-state index in [0.717, 1.165) is 10.8 Å². The molecule has 4 aromatic heterocycles. The Hall–Kier alpha value is -2.20. The number of carbonyl (C=O) groups is 2. The van der Waals surface area contributed by atoms with E-state index in [1.807, 2.05) is 0 Å². The first-order chi connectivity index (χ1) is 20.1. The van der Waals surface area contributed by atoms with Crippen molar-refractivity contribution in [3.8, 4) is 22.0 Å². The van der Waals surface area contributed by atoms with Crippen molar-refractivity contribution in [2.45, 2.75) is 45.5 Å². The summed E-state index contributed by atoms with van der Waals surface area (Å²) in [6.07, 6.45) is -11.3. The number of esters is 2. The number of nitrogens with zero attached hydrogens (tertiary/aromatic N) is 6. The van der Waals surface area contributed by atoms with Crippen LogP contribution in [0.15, 0.2) is 10.8 Å². The van der Waals surface area contributed by atoms with Crippen LogP contribution in [0.3, 0.4) is 0 Å². The Morgan fingerprint density at radius 1 is 0.778 bits per heavy atom. The van der Waals surface area contributed by atoms with E-state index >= 15 is 0 Å². The Labute approximate surface area is 302 Å². The molecule has 0 saturated carbocycles. The number of ether oxygens (including phenoxy) is 2. The molecule has 0 radical (unpaired) electrons. The van der Waals surface area contributed by atoms with Crippen molar-refractivity contribution in [2.24, 2.45) is 0 Å². The normalized spacial score (nSPS) is 11.7. The predicted octanol–water partition coefficient (Wildman–Crippen LogP) is -1.94. The van der Waals surface area contributed by atoms with Crippen LogP contribution in [0, 0.1) is 0 Å². The van der Waals surface area contributed by atoms with E-state index in [-0.39, 0.29) is 93.1 Å². The van der Waals surface area contributed by atoms with Gasteiger partial charge in [-0.05, 0) is 32.0 Å². The minimum absolute atomic E-state index is 0. The molecule has 12 nitrogen and oxygen atoms in total. The standard InChI is InChI=1S/C23H20F6N6O6S2.2Na/c1-4-9(12-14(22(24,25)26)32-34(16(12)36)20-30-10(7-42-20)18(38)40-5-2)13-15(23(27,28)29)33-35(17(13)37)21-31-11(8-43-21)19(39)41-6-3;;/h7-9,36-37H,4-6H2,1-3H3;;/q;2*+1/p-2. The van der Waals surface area contributed by atoms with Gasteiger partial charge in [0.15, 0.2) is 22.8 Å². The summed E-state index contributed by atoms with van der Waals surface area (Å²) in [5.41, 5.74) is -6.89. The van der Waals surface area contributed by atoms with E-state index in [0.29, 0.717) is 22.7 Å². The van der Waals surface area contributed by atoms with Gasteiger partial charge in [-0.3, -0.25) is 0 Å². The fourth-order valence-corrected chi connectivity index (χ4v) is 5.49. The number of hydrogen-bond acceptors (Lipinski definition) is 12. The average molecular weight is 699 g/mol. The van der Waals surface area contributed by atoms with Gasteiger partial charge in [0.05, 0.1) is 13.2 Å². The van der Waals surface area contributed by atoms with Crippen molar-refractivity contribution >= 4 is 34.6 Å². The average Bonchev–Trinajstić information content (AvgIpc) is 3.70. The van der Waals surface area contributed by atoms with Crippen molar-refractivity contribution in [1.29, 1.82) is 0 Å². The van der Waals surface area contributed by atoms with Gasteiger partial charge in [-0.25, -0.2) is 28.9 Å². The van der Waals surface area contributed by atoms with Crippen molar-refractivity contribution in [2.75, 3.05) is 13.2 Å². The molecule has 0 saturated heterocycles. The largest absolute Gasteiger partial charge is 1.00 e. The molecule has 0 unspecified atom stereocenters. The van der Waals surface area contributed by atoms with Crippen LogP contribution in [-0.4, -0.2) is 54.7 Å². The smallest absolute Gasteiger partial charge is 0.858 e. The second kappa shape index (κ2) is 15.1. The summed E-state index contributed by atoms with van der Waals surface area (Å²) in [7, 11) is 0. The molecule has 22 heteroatoms. The van der Waals surface area contributed by atoms with Crippen molar-refractivity contribution in [3.05, 3.63) is 44.7 Å². The topological polar surface area (TPSA) is 160 Å². The molecule has 0 aromatic carbocycles. The minimum Gasteiger partial charge on any atom is -0.858 e. The van der Waals surface area contributed by atoms with E-state index in [1.54, 1.807) is 0 Å². The third kappa shape index (κ3) is 7.86. The summed E-state index contributed by atoms with van der Waals surface area (Å²) in [6, 6.07) is 0. The zero-order valence-corrected chi connectivity index (χ0v) is 29.7. The van der Waals surface area contributed by atoms with Crippen molar-refractivity contribution in [1.82, 2.24) is 29.5 Å². The van der Waals surface area contributed by atoms with E-state index in [2.05, 4.69) is 20.2 Å². The molecule has 0 atom stereocenters. The van der Waals surface area contributed by atoms with Crippen LogP contribution in [0.4, 0.5) is 26.3 Å². The molecule has 0 aliphatic heterocycles. The first-order valence-electron chi connectivity index (χ1n) is 12.1. The van der Waals surface area contributed by atoms with Gasteiger partial charge >= 0.3 is 83.4 Å². The second-order valence-corrected chi connectivity index (χ2v) is 10.1. The zero-order chi connectivity index (χ0) is 31.9. The number of rotatable bonds is 9. The molecule has 45 heavy (non-hydrogen) atoms. The van der Waals surface area contributed by atoms with Crippen LogP contribution in [0.2, 0.25) is 0 Å². The fourth-order valence-electron chi connectivity index (χ4n) is 4.01. The summed E-state index contributed by atoms with van der Waals surface area (Å²) >= 11 is 1.11. The third-order valence-corrected chi connectivity index (χ3v) is 7.35. The van der Waals surface area contributed by atoms with Gasteiger partial charge < -0.3 is 19.7 Å². The third-order valence-electron chi connectivity index (χ3n) is 5.71. The van der Waals surface area contributed by atoms with Crippen molar-refractivity contribution < 1.29 is 115 Å². The van der Waals surface area contributed by atoms with Crippen LogP contribution in [0.5, 0.6) is 11.8 Å². The fraction of sp³-hybridized carbons (Fsp3) is 0.391. The molecule has 0 spiro atoms. The summed E-state index contributed by atoms with van der Waals surface area (Å²) < 4.78 is 94.9. The van der Waals surface area contributed by atoms with Crippen molar-refractivity contribution in [3.63, 3.8) is 0 Å². The Kier molecular flexibility index (Phi) is 13.1. The number of aromatic nitrogens is 6. The summed E-state index contributed by atoms with van der Waals surface area (Å²) in [5, 5.41) is 34.6. The number of halogens is 6. The summed E-state index contributed by atoms with van der Waals surface area (Å²) in [4.78, 5) is 31.5. The van der Waals surface area contributed by atoms with E-state index in [9.17, 15) is 46.1 Å². The molecule has 4 aromatic rings. The van der Waals surface area contributed by atoms with Crippen LogP contribution < -0.4 is 69.3 Å². The maximum absolute atomic E-state index is 14.2. The van der Waals surface area contributed by atoms with Gasteiger partial charge in [0.1, 0.15) is 0 Å². The Morgan fingerprint density at radius 3 is 1.42 bits per heavy atom. The monoisotopic (exact) mass is 698 g/mol. The summed E-state index contributed by atoms with van der Waals surface area (Å²) in [6.45, 7) is 4.08. The predicted molar refractivity (Wildman–Crippen MR) is 131 cm³/mol. The van der Waals surface area contributed by atoms with Crippen LogP contribution in [-0.2, 0) is 21.8 Å². The second-order valence-electron chi connectivity index (χ2n) is 8.39. The number of carbonyl (C=O) groups excluding carboxylic acids is 2. The van der Waals surface area contributed by atoms with Crippen LogP contribution in [0.25, 0.3) is 10.3 Å². The molecule has 4 heterocycles. The van der Waals surface area contributed by atoms with Crippen LogP contribution in [0.1, 0.15) is 76.6 Å². The summed E-state index contributed by atoms with van der Waals surface area (Å²) in [5.74, 6) is -6.98. The zero-order valence-electron chi connectivity index (χ0n) is 24.1. The molecule has 0 fully saturated rings. The number of alkyl halides is 6. The minimum atomic E-state index is -5.35. The first-order valence-corrected chi connectivity index (χ1v) is 13.9. The van der Waals surface area contributed by atoms with Crippen LogP contribution >= 0.6 is 22.7 Å². The van der Waals surface area contributed by atoms with Gasteiger partial charge in [0.2, 0.25) is 10.3 Å². The molecular weight excluding hydrogens is 680 g/mol. The quantitative estimate of drug-likeness (QED) is 0.109. The first kappa shape index (κ1) is 39.0. The molecule has 0 aliphatic carbocycles. The molecule has 4 rings (SSSR count). The Morgan fingerprint density at radius 2 is 1.13 bits per heavy atom. The van der Waals surface area contributed by atoms with Gasteiger partial charge in [0.25, 0.3) is 0 Å².